The van der Waals surface area contributed by atoms with Gasteiger partial charge in [-0.05, 0) is 45.7 Å². The predicted octanol–water partition coefficient (Wildman–Crippen LogP) is 1.65. The summed E-state index contributed by atoms with van der Waals surface area (Å²) < 4.78 is 0. The number of hydrogen-bond donors (Lipinski definition) is 3. The molecule has 5 heteroatoms. The number of nitrogens with one attached hydrogen (secondary N) is 2. The van der Waals surface area contributed by atoms with Crippen molar-refractivity contribution in [3.05, 3.63) is 17.6 Å². The Morgan fingerprint density at radius 2 is 2.20 bits per heavy atom. The van der Waals surface area contributed by atoms with Crippen molar-refractivity contribution >= 4 is 5.82 Å². The molecule has 0 saturated carbocycles. The zero-order valence-electron chi connectivity index (χ0n) is 12.6. The second-order valence-corrected chi connectivity index (χ2v) is 5.72. The van der Waals surface area contributed by atoms with Gasteiger partial charge >= 0.3 is 0 Å². The molecule has 1 saturated heterocycles. The molecule has 20 heavy (non-hydrogen) atoms. The number of nitrogens with zero attached hydrogens (tertiary/aromatic N) is 2. The van der Waals surface area contributed by atoms with Gasteiger partial charge in [-0.3, -0.25) is 0 Å². The van der Waals surface area contributed by atoms with Crippen LogP contribution in [0.15, 0.2) is 6.07 Å². The van der Waals surface area contributed by atoms with Crippen LogP contribution >= 0.6 is 0 Å². The van der Waals surface area contributed by atoms with Gasteiger partial charge in [-0.25, -0.2) is 9.97 Å². The first-order valence-electron chi connectivity index (χ1n) is 7.63. The molecule has 1 unspecified atom stereocenters. The molecule has 1 aromatic rings. The summed E-state index contributed by atoms with van der Waals surface area (Å²) in [4.78, 5) is 8.83. The molecule has 1 aliphatic heterocycles. The first-order chi connectivity index (χ1) is 9.61. The minimum absolute atomic E-state index is 0.552. The normalized spacial score (nSPS) is 23.4. The Labute approximate surface area is 121 Å². The number of aryl methyl sites for hydroxylation is 2. The van der Waals surface area contributed by atoms with E-state index in [-0.39, 0.29) is 0 Å². The third-order valence-corrected chi connectivity index (χ3v) is 3.76. The van der Waals surface area contributed by atoms with Crippen molar-refractivity contribution in [1.29, 1.82) is 0 Å². The molecule has 0 amide bonds. The van der Waals surface area contributed by atoms with Crippen LogP contribution in [0.3, 0.4) is 0 Å². The second kappa shape index (κ2) is 6.99. The standard InChI is InChI=1S/C15H26N4O/c1-3-5-13-10-14(19-12(2)18-13)17-11-15(20)6-4-8-16-9-7-15/h10,16,20H,3-9,11H2,1-2H3,(H,17,18,19). The van der Waals surface area contributed by atoms with Crippen LogP contribution in [-0.2, 0) is 6.42 Å². The Morgan fingerprint density at radius 1 is 1.35 bits per heavy atom. The Bertz CT molecular complexity index is 428. The maximum absolute atomic E-state index is 10.6. The topological polar surface area (TPSA) is 70.1 Å². The summed E-state index contributed by atoms with van der Waals surface area (Å²) in [6.07, 6.45) is 4.67. The molecule has 3 N–H and O–H groups in total. The molecule has 2 rings (SSSR count). The van der Waals surface area contributed by atoms with Gasteiger partial charge in [0.25, 0.3) is 0 Å². The van der Waals surface area contributed by atoms with Crippen molar-refractivity contribution in [3.63, 3.8) is 0 Å². The van der Waals surface area contributed by atoms with Crippen LogP contribution < -0.4 is 10.6 Å². The van der Waals surface area contributed by atoms with Crippen molar-refractivity contribution in [3.8, 4) is 0 Å². The number of anilines is 1. The summed E-state index contributed by atoms with van der Waals surface area (Å²) in [5.41, 5.74) is 0.435. The van der Waals surface area contributed by atoms with Crippen LogP contribution in [0.1, 0.15) is 44.1 Å². The molecular weight excluding hydrogens is 252 g/mol. The largest absolute Gasteiger partial charge is 0.388 e. The van der Waals surface area contributed by atoms with Crippen LogP contribution in [0.5, 0.6) is 0 Å². The molecule has 0 spiro atoms. The van der Waals surface area contributed by atoms with Gasteiger partial charge in [-0.15, -0.1) is 0 Å². The number of aromatic nitrogens is 2. The lowest BCUT2D eigenvalue weighted by atomic mass is 9.95. The lowest BCUT2D eigenvalue weighted by Crippen LogP contribution is -2.38. The Morgan fingerprint density at radius 3 is 3.00 bits per heavy atom. The van der Waals surface area contributed by atoms with E-state index < -0.39 is 5.60 Å². The van der Waals surface area contributed by atoms with Gasteiger partial charge < -0.3 is 15.7 Å². The molecule has 1 atom stereocenters. The Balaban J connectivity index is 1.98. The summed E-state index contributed by atoms with van der Waals surface area (Å²) in [5, 5.41) is 17.2. The van der Waals surface area contributed by atoms with E-state index >= 15 is 0 Å². The first-order valence-corrected chi connectivity index (χ1v) is 7.63. The lowest BCUT2D eigenvalue weighted by molar-refractivity contribution is 0.0413. The first kappa shape index (κ1) is 15.2. The number of aliphatic hydroxyl groups is 1. The highest BCUT2D eigenvalue weighted by atomic mass is 16.3. The summed E-state index contributed by atoms with van der Waals surface area (Å²) in [6, 6.07) is 1.99. The van der Waals surface area contributed by atoms with Gasteiger partial charge in [0.05, 0.1) is 5.60 Å². The van der Waals surface area contributed by atoms with E-state index in [0.717, 1.165) is 62.5 Å². The molecule has 0 aliphatic carbocycles. The fourth-order valence-corrected chi connectivity index (χ4v) is 2.65. The minimum atomic E-state index is -0.632. The molecule has 2 heterocycles. The molecule has 0 radical (unpaired) electrons. The maximum Gasteiger partial charge on any atom is 0.130 e. The van der Waals surface area contributed by atoms with Gasteiger partial charge in [-0.1, -0.05) is 13.3 Å². The van der Waals surface area contributed by atoms with E-state index in [1.165, 1.54) is 0 Å². The smallest absolute Gasteiger partial charge is 0.130 e. The SMILES string of the molecule is CCCc1cc(NCC2(O)CCCNCC2)nc(C)n1. The highest BCUT2D eigenvalue weighted by Gasteiger charge is 2.27. The monoisotopic (exact) mass is 278 g/mol. The van der Waals surface area contributed by atoms with Crippen LogP contribution in [-0.4, -0.2) is 40.3 Å². The van der Waals surface area contributed by atoms with Gasteiger partial charge in [0, 0.05) is 18.3 Å². The van der Waals surface area contributed by atoms with E-state index in [1.54, 1.807) is 0 Å². The molecule has 1 fully saturated rings. The van der Waals surface area contributed by atoms with Gasteiger partial charge in [0.1, 0.15) is 11.6 Å². The molecule has 112 valence electrons. The van der Waals surface area contributed by atoms with E-state index in [4.69, 9.17) is 0 Å². The quantitative estimate of drug-likeness (QED) is 0.764. The molecule has 0 aromatic carbocycles. The summed E-state index contributed by atoms with van der Waals surface area (Å²) in [5.74, 6) is 1.61. The Hall–Kier alpha value is -1.20. The molecule has 0 bridgehead atoms. The van der Waals surface area contributed by atoms with Crippen LogP contribution in [0.25, 0.3) is 0 Å². The highest BCUT2D eigenvalue weighted by Crippen LogP contribution is 2.20. The molecule has 1 aliphatic rings. The van der Waals surface area contributed by atoms with E-state index in [1.807, 2.05) is 13.0 Å². The zero-order chi connectivity index (χ0) is 14.4. The lowest BCUT2D eigenvalue weighted by Gasteiger charge is -2.26. The zero-order valence-corrected chi connectivity index (χ0v) is 12.6. The van der Waals surface area contributed by atoms with E-state index in [2.05, 4.69) is 27.5 Å². The van der Waals surface area contributed by atoms with E-state index in [0.29, 0.717) is 6.54 Å². The average Bonchev–Trinajstić information content (AvgIpc) is 2.62. The average molecular weight is 278 g/mol. The fraction of sp³-hybridized carbons (Fsp3) is 0.733. The summed E-state index contributed by atoms with van der Waals surface area (Å²) in [7, 11) is 0. The van der Waals surface area contributed by atoms with Crippen molar-refractivity contribution < 1.29 is 5.11 Å². The van der Waals surface area contributed by atoms with Crippen molar-refractivity contribution in [2.24, 2.45) is 0 Å². The number of hydrogen-bond acceptors (Lipinski definition) is 5. The van der Waals surface area contributed by atoms with Crippen LogP contribution in [0, 0.1) is 6.92 Å². The number of rotatable bonds is 5. The summed E-state index contributed by atoms with van der Waals surface area (Å²) in [6.45, 7) is 6.48. The third-order valence-electron chi connectivity index (χ3n) is 3.76. The minimum Gasteiger partial charge on any atom is -0.388 e. The van der Waals surface area contributed by atoms with Crippen molar-refractivity contribution in [1.82, 2.24) is 15.3 Å². The third kappa shape index (κ3) is 4.42. The van der Waals surface area contributed by atoms with Crippen LogP contribution in [0.4, 0.5) is 5.82 Å². The maximum atomic E-state index is 10.6. The van der Waals surface area contributed by atoms with Gasteiger partial charge in [0.2, 0.25) is 0 Å². The van der Waals surface area contributed by atoms with Crippen LogP contribution in [0.2, 0.25) is 0 Å². The van der Waals surface area contributed by atoms with Crippen molar-refractivity contribution in [2.45, 2.75) is 51.6 Å². The Kier molecular flexibility index (Phi) is 5.31. The predicted molar refractivity (Wildman–Crippen MR) is 80.9 cm³/mol. The molecule has 1 aromatic heterocycles. The van der Waals surface area contributed by atoms with Gasteiger partial charge in [-0.2, -0.15) is 0 Å². The molecule has 5 nitrogen and oxygen atoms in total. The second-order valence-electron chi connectivity index (χ2n) is 5.72. The highest BCUT2D eigenvalue weighted by molar-refractivity contribution is 5.36. The van der Waals surface area contributed by atoms with Crippen molar-refractivity contribution in [2.75, 3.05) is 25.0 Å². The summed E-state index contributed by atoms with van der Waals surface area (Å²) >= 11 is 0. The molecular formula is C15H26N4O. The van der Waals surface area contributed by atoms with Gasteiger partial charge in [0.15, 0.2) is 0 Å². The van der Waals surface area contributed by atoms with E-state index in [9.17, 15) is 5.11 Å². The fourth-order valence-electron chi connectivity index (χ4n) is 2.65.